The van der Waals surface area contributed by atoms with Crippen LogP contribution in [0.4, 0.5) is 0 Å². The van der Waals surface area contributed by atoms with Crippen LogP contribution >= 0.6 is 28.3 Å². The molecule has 1 amide bonds. The zero-order valence-electron chi connectivity index (χ0n) is 13.0. The van der Waals surface area contributed by atoms with Crippen LogP contribution in [0.15, 0.2) is 16.6 Å². The minimum absolute atomic E-state index is 0. The normalized spacial score (nSPS) is 20.5. The lowest BCUT2D eigenvalue weighted by molar-refractivity contribution is 0.0776. The molecule has 0 spiro atoms. The van der Waals surface area contributed by atoms with E-state index in [9.17, 15) is 4.79 Å². The molecular weight excluding hydrogens is 372 g/mol. The second-order valence-electron chi connectivity index (χ2n) is 5.69. The Labute approximate surface area is 145 Å². The number of benzene rings is 1. The van der Waals surface area contributed by atoms with Gasteiger partial charge in [0.05, 0.1) is 14.2 Å². The summed E-state index contributed by atoms with van der Waals surface area (Å²) in [6.07, 6.45) is 0.931. The number of nitrogens with zero attached hydrogens (tertiary/aromatic N) is 1. The Hall–Kier alpha value is -0.980. The quantitative estimate of drug-likeness (QED) is 0.854. The maximum Gasteiger partial charge on any atom is 0.254 e. The summed E-state index contributed by atoms with van der Waals surface area (Å²) in [5.74, 6) is 1.15. The highest BCUT2D eigenvalue weighted by molar-refractivity contribution is 9.10. The summed E-state index contributed by atoms with van der Waals surface area (Å²) in [5.41, 5.74) is 6.37. The number of hydrogen-bond donors (Lipinski definition) is 1. The minimum atomic E-state index is -0.0173. The molecule has 1 saturated heterocycles. The molecule has 1 atom stereocenters. The van der Waals surface area contributed by atoms with E-state index in [4.69, 9.17) is 15.2 Å². The number of amides is 1. The smallest absolute Gasteiger partial charge is 0.254 e. The molecule has 1 fully saturated rings. The second-order valence-corrected chi connectivity index (χ2v) is 6.48. The van der Waals surface area contributed by atoms with Crippen LogP contribution in [0.3, 0.4) is 0 Å². The van der Waals surface area contributed by atoms with Gasteiger partial charge in [0.15, 0.2) is 0 Å². The number of methoxy groups -OCH3 is 2. The summed E-state index contributed by atoms with van der Waals surface area (Å²) in [4.78, 5) is 14.5. The molecule has 1 aromatic rings. The number of carbonyl (C=O) groups is 1. The van der Waals surface area contributed by atoms with Crippen LogP contribution in [0.2, 0.25) is 0 Å². The predicted molar refractivity (Wildman–Crippen MR) is 92.2 cm³/mol. The van der Waals surface area contributed by atoms with E-state index in [0.29, 0.717) is 34.6 Å². The third-order valence-electron chi connectivity index (χ3n) is 4.03. The van der Waals surface area contributed by atoms with Crippen molar-refractivity contribution in [2.45, 2.75) is 13.3 Å². The monoisotopic (exact) mass is 392 g/mol. The Kier molecular flexibility index (Phi) is 6.52. The van der Waals surface area contributed by atoms with Gasteiger partial charge in [-0.3, -0.25) is 4.79 Å². The molecule has 1 heterocycles. The molecule has 5 nitrogen and oxygen atoms in total. The lowest BCUT2D eigenvalue weighted by atomic mass is 9.90. The topological polar surface area (TPSA) is 64.8 Å². The molecule has 1 unspecified atom stereocenters. The summed E-state index contributed by atoms with van der Waals surface area (Å²) < 4.78 is 11.3. The van der Waals surface area contributed by atoms with Crippen LogP contribution in [-0.4, -0.2) is 44.7 Å². The first kappa shape index (κ1) is 19.1. The van der Waals surface area contributed by atoms with Gasteiger partial charge in [0.25, 0.3) is 5.91 Å². The number of likely N-dealkylation sites (tertiary alicyclic amines) is 1. The zero-order chi connectivity index (χ0) is 15.6. The van der Waals surface area contributed by atoms with Gasteiger partial charge in [-0.1, -0.05) is 6.92 Å². The Morgan fingerprint density at radius 2 is 1.91 bits per heavy atom. The van der Waals surface area contributed by atoms with E-state index in [-0.39, 0.29) is 23.7 Å². The summed E-state index contributed by atoms with van der Waals surface area (Å²) in [6, 6.07) is 3.46. The standard InChI is InChI=1S/C15H21BrN2O3.ClH/c1-15(8-17)4-5-18(9-15)14(19)10-6-11(20-2)13(16)12(7-10)21-3;/h6-7H,4-5,8-9,17H2,1-3H3;1H. The molecular formula is C15H22BrClN2O3. The Morgan fingerprint density at radius 3 is 2.32 bits per heavy atom. The van der Waals surface area contributed by atoms with Crippen molar-refractivity contribution in [3.05, 3.63) is 22.2 Å². The molecule has 2 rings (SSSR count). The zero-order valence-corrected chi connectivity index (χ0v) is 15.4. The fourth-order valence-electron chi connectivity index (χ4n) is 2.54. The maximum absolute atomic E-state index is 12.7. The molecule has 0 bridgehead atoms. The van der Waals surface area contributed by atoms with Crippen LogP contribution in [0.1, 0.15) is 23.7 Å². The number of carbonyl (C=O) groups excluding carboxylic acids is 1. The van der Waals surface area contributed by atoms with Gasteiger partial charge in [0.1, 0.15) is 16.0 Å². The van der Waals surface area contributed by atoms with E-state index in [1.165, 1.54) is 0 Å². The van der Waals surface area contributed by atoms with E-state index < -0.39 is 0 Å². The van der Waals surface area contributed by atoms with Gasteiger partial charge in [0.2, 0.25) is 0 Å². The number of hydrogen-bond acceptors (Lipinski definition) is 4. The fourth-order valence-corrected chi connectivity index (χ4v) is 3.09. The lowest BCUT2D eigenvalue weighted by Crippen LogP contribution is -2.34. The van der Waals surface area contributed by atoms with Crippen molar-refractivity contribution in [3.8, 4) is 11.5 Å². The first-order valence-electron chi connectivity index (χ1n) is 6.85. The largest absolute Gasteiger partial charge is 0.495 e. The average molecular weight is 394 g/mol. The van der Waals surface area contributed by atoms with Crippen LogP contribution in [-0.2, 0) is 0 Å². The summed E-state index contributed by atoms with van der Waals surface area (Å²) >= 11 is 3.41. The molecule has 124 valence electrons. The van der Waals surface area contributed by atoms with Crippen molar-refractivity contribution in [1.82, 2.24) is 4.90 Å². The summed E-state index contributed by atoms with van der Waals surface area (Å²) in [7, 11) is 3.13. The average Bonchev–Trinajstić information content (AvgIpc) is 2.90. The molecule has 0 saturated carbocycles. The molecule has 1 aliphatic heterocycles. The van der Waals surface area contributed by atoms with Gasteiger partial charge in [-0.15, -0.1) is 12.4 Å². The Balaban J connectivity index is 0.00000242. The lowest BCUT2D eigenvalue weighted by Gasteiger charge is -2.23. The van der Waals surface area contributed by atoms with Crippen LogP contribution in [0.25, 0.3) is 0 Å². The highest BCUT2D eigenvalue weighted by Crippen LogP contribution is 2.37. The SMILES string of the molecule is COc1cc(C(=O)N2CCC(C)(CN)C2)cc(OC)c1Br.Cl. The van der Waals surface area contributed by atoms with E-state index in [1.807, 2.05) is 4.90 Å². The molecule has 1 aliphatic rings. The molecule has 0 radical (unpaired) electrons. The van der Waals surface area contributed by atoms with E-state index in [0.717, 1.165) is 13.0 Å². The van der Waals surface area contributed by atoms with Gasteiger partial charge in [0, 0.05) is 18.7 Å². The molecule has 7 heteroatoms. The number of ether oxygens (including phenoxy) is 2. The first-order valence-corrected chi connectivity index (χ1v) is 7.64. The van der Waals surface area contributed by atoms with Gasteiger partial charge < -0.3 is 20.1 Å². The number of nitrogens with two attached hydrogens (primary N) is 1. The highest BCUT2D eigenvalue weighted by Gasteiger charge is 2.35. The van der Waals surface area contributed by atoms with E-state index >= 15 is 0 Å². The van der Waals surface area contributed by atoms with Crippen molar-refractivity contribution in [2.24, 2.45) is 11.1 Å². The molecule has 1 aromatic carbocycles. The molecule has 22 heavy (non-hydrogen) atoms. The third kappa shape index (κ3) is 3.67. The van der Waals surface area contributed by atoms with E-state index in [1.54, 1.807) is 26.4 Å². The van der Waals surface area contributed by atoms with E-state index in [2.05, 4.69) is 22.9 Å². The number of halogens is 2. The van der Waals surface area contributed by atoms with Crippen LogP contribution in [0, 0.1) is 5.41 Å². The predicted octanol–water partition coefficient (Wildman–Crippen LogP) is 2.70. The highest BCUT2D eigenvalue weighted by atomic mass is 79.9. The van der Waals surface area contributed by atoms with Crippen LogP contribution in [0.5, 0.6) is 11.5 Å². The number of rotatable bonds is 4. The Bertz CT molecular complexity index is 531. The molecule has 0 aromatic heterocycles. The van der Waals surface area contributed by atoms with Crippen LogP contribution < -0.4 is 15.2 Å². The van der Waals surface area contributed by atoms with Crippen molar-refractivity contribution >= 4 is 34.2 Å². The maximum atomic E-state index is 12.7. The van der Waals surface area contributed by atoms with Gasteiger partial charge in [-0.05, 0) is 46.4 Å². The summed E-state index contributed by atoms with van der Waals surface area (Å²) in [5, 5.41) is 0. The van der Waals surface area contributed by atoms with Gasteiger partial charge in [-0.25, -0.2) is 0 Å². The Morgan fingerprint density at radius 1 is 1.36 bits per heavy atom. The van der Waals surface area contributed by atoms with Gasteiger partial charge >= 0.3 is 0 Å². The minimum Gasteiger partial charge on any atom is -0.495 e. The van der Waals surface area contributed by atoms with Gasteiger partial charge in [-0.2, -0.15) is 0 Å². The fraction of sp³-hybridized carbons (Fsp3) is 0.533. The second kappa shape index (κ2) is 7.53. The van der Waals surface area contributed by atoms with Crippen molar-refractivity contribution in [1.29, 1.82) is 0 Å². The van der Waals surface area contributed by atoms with Crippen molar-refractivity contribution in [2.75, 3.05) is 33.9 Å². The molecule has 0 aliphatic carbocycles. The van der Waals surface area contributed by atoms with Crippen molar-refractivity contribution in [3.63, 3.8) is 0 Å². The third-order valence-corrected chi connectivity index (χ3v) is 4.81. The first-order chi connectivity index (χ1) is 9.94. The summed E-state index contributed by atoms with van der Waals surface area (Å²) in [6.45, 7) is 4.11. The molecule has 2 N–H and O–H groups in total. The van der Waals surface area contributed by atoms with Crippen molar-refractivity contribution < 1.29 is 14.3 Å².